The maximum Gasteiger partial charge on any atom is 0.253 e. The van der Waals surface area contributed by atoms with Crippen LogP contribution >= 0.6 is 0 Å². The Labute approximate surface area is 162 Å². The van der Waals surface area contributed by atoms with Crippen molar-refractivity contribution in [1.29, 1.82) is 0 Å². The van der Waals surface area contributed by atoms with E-state index in [0.717, 1.165) is 19.3 Å². The maximum atomic E-state index is 12.5. The summed E-state index contributed by atoms with van der Waals surface area (Å²) in [4.78, 5) is 24.7. The third-order valence-electron chi connectivity index (χ3n) is 4.50. The minimum Gasteiger partial charge on any atom is -0.352 e. The quantitative estimate of drug-likeness (QED) is 0.552. The largest absolute Gasteiger partial charge is 0.352 e. The molecule has 0 unspecified atom stereocenters. The number of hydrogen-bond acceptors (Lipinski definition) is 2. The van der Waals surface area contributed by atoms with Gasteiger partial charge in [-0.3, -0.25) is 9.59 Å². The van der Waals surface area contributed by atoms with Gasteiger partial charge >= 0.3 is 0 Å². The van der Waals surface area contributed by atoms with Crippen molar-refractivity contribution in [2.24, 2.45) is 0 Å². The number of unbranched alkanes of at least 4 members (excludes halogenated alkanes) is 4. The lowest BCUT2D eigenvalue weighted by atomic mass is 10.1. The number of benzene rings is 2. The van der Waals surface area contributed by atoms with Gasteiger partial charge < -0.3 is 10.6 Å². The Balaban J connectivity index is 1.82. The van der Waals surface area contributed by atoms with Crippen LogP contribution in [0.15, 0.2) is 54.6 Å². The fourth-order valence-electron chi connectivity index (χ4n) is 2.95. The molecule has 0 fully saturated rings. The van der Waals surface area contributed by atoms with E-state index in [1.807, 2.05) is 42.5 Å². The summed E-state index contributed by atoms with van der Waals surface area (Å²) >= 11 is 0. The molecule has 4 nitrogen and oxygen atoms in total. The summed E-state index contributed by atoms with van der Waals surface area (Å²) in [6.07, 6.45) is 6.81. The minimum absolute atomic E-state index is 0.0314. The predicted molar refractivity (Wildman–Crippen MR) is 111 cm³/mol. The Morgan fingerprint density at radius 1 is 0.852 bits per heavy atom. The number of nitrogens with one attached hydrogen (secondary N) is 2. The van der Waals surface area contributed by atoms with E-state index in [4.69, 9.17) is 0 Å². The fourth-order valence-corrected chi connectivity index (χ4v) is 2.95. The molecule has 0 saturated carbocycles. The molecule has 0 aromatic heterocycles. The maximum absolute atomic E-state index is 12.5. The lowest BCUT2D eigenvalue weighted by Crippen LogP contribution is -2.27. The van der Waals surface area contributed by atoms with Crippen LogP contribution in [0, 0.1) is 0 Å². The first kappa shape index (κ1) is 20.7. The Hall–Kier alpha value is -2.62. The summed E-state index contributed by atoms with van der Waals surface area (Å²) in [5, 5.41) is 5.83. The van der Waals surface area contributed by atoms with Gasteiger partial charge in [-0.1, -0.05) is 75.1 Å². The second-order valence-corrected chi connectivity index (χ2v) is 6.75. The Morgan fingerprint density at radius 3 is 2.33 bits per heavy atom. The number of amides is 2. The van der Waals surface area contributed by atoms with Gasteiger partial charge in [-0.05, 0) is 30.5 Å². The third-order valence-corrected chi connectivity index (χ3v) is 4.50. The molecule has 2 amide bonds. The van der Waals surface area contributed by atoms with Crippen molar-refractivity contribution in [2.75, 3.05) is 11.9 Å². The van der Waals surface area contributed by atoms with E-state index in [1.54, 1.807) is 12.1 Å². The van der Waals surface area contributed by atoms with Gasteiger partial charge in [-0.2, -0.15) is 0 Å². The van der Waals surface area contributed by atoms with Crippen LogP contribution < -0.4 is 10.6 Å². The molecule has 0 radical (unpaired) electrons. The molecule has 2 aromatic carbocycles. The predicted octanol–water partition coefficient (Wildman–Crippen LogP) is 4.96. The molecule has 0 aliphatic rings. The second kappa shape index (κ2) is 11.9. The lowest BCUT2D eigenvalue weighted by Gasteiger charge is -2.11. The molecule has 0 saturated heterocycles. The Bertz CT molecular complexity index is 713. The highest BCUT2D eigenvalue weighted by molar-refractivity contribution is 6.03. The van der Waals surface area contributed by atoms with E-state index in [0.29, 0.717) is 24.2 Å². The summed E-state index contributed by atoms with van der Waals surface area (Å²) in [6, 6.07) is 17.2. The van der Waals surface area contributed by atoms with Crippen LogP contribution in [-0.4, -0.2) is 18.4 Å². The number of para-hydroxylation sites is 1. The van der Waals surface area contributed by atoms with Crippen molar-refractivity contribution in [3.8, 4) is 0 Å². The number of rotatable bonds is 11. The van der Waals surface area contributed by atoms with Crippen molar-refractivity contribution in [2.45, 2.75) is 51.9 Å². The van der Waals surface area contributed by atoms with Crippen LogP contribution in [0.4, 0.5) is 5.69 Å². The topological polar surface area (TPSA) is 58.2 Å². The van der Waals surface area contributed by atoms with Gasteiger partial charge in [-0.15, -0.1) is 0 Å². The smallest absolute Gasteiger partial charge is 0.253 e. The lowest BCUT2D eigenvalue weighted by molar-refractivity contribution is -0.116. The van der Waals surface area contributed by atoms with Crippen LogP contribution in [0.2, 0.25) is 0 Å². The van der Waals surface area contributed by atoms with Crippen LogP contribution in [0.5, 0.6) is 0 Å². The molecule has 0 heterocycles. The zero-order valence-electron chi connectivity index (χ0n) is 16.2. The van der Waals surface area contributed by atoms with E-state index in [-0.39, 0.29) is 11.8 Å². The molecule has 2 rings (SSSR count). The van der Waals surface area contributed by atoms with E-state index < -0.39 is 0 Å². The van der Waals surface area contributed by atoms with Crippen molar-refractivity contribution in [3.05, 3.63) is 65.7 Å². The van der Waals surface area contributed by atoms with Crippen molar-refractivity contribution in [1.82, 2.24) is 5.32 Å². The van der Waals surface area contributed by atoms with Gasteiger partial charge in [0.1, 0.15) is 0 Å². The molecule has 4 heteroatoms. The molecule has 0 aliphatic carbocycles. The number of anilines is 1. The molecular formula is C23H30N2O2. The minimum atomic E-state index is -0.162. The van der Waals surface area contributed by atoms with E-state index in [1.165, 1.54) is 24.8 Å². The van der Waals surface area contributed by atoms with Gasteiger partial charge in [0.2, 0.25) is 5.91 Å². The monoisotopic (exact) mass is 366 g/mol. The summed E-state index contributed by atoms with van der Waals surface area (Å²) in [5.74, 6) is -0.194. The zero-order valence-corrected chi connectivity index (χ0v) is 16.2. The zero-order chi connectivity index (χ0) is 19.3. The highest BCUT2D eigenvalue weighted by Gasteiger charge is 2.12. The summed E-state index contributed by atoms with van der Waals surface area (Å²) < 4.78 is 0. The summed E-state index contributed by atoms with van der Waals surface area (Å²) in [7, 11) is 0. The van der Waals surface area contributed by atoms with Crippen LogP contribution in [0.3, 0.4) is 0 Å². The number of hydrogen-bond donors (Lipinski definition) is 2. The summed E-state index contributed by atoms with van der Waals surface area (Å²) in [6.45, 7) is 2.73. The summed E-state index contributed by atoms with van der Waals surface area (Å²) in [5.41, 5.74) is 2.26. The highest BCUT2D eigenvalue weighted by atomic mass is 16.2. The Kier molecular flexibility index (Phi) is 9.11. The molecule has 144 valence electrons. The molecule has 0 bridgehead atoms. The molecule has 2 N–H and O–H groups in total. The highest BCUT2D eigenvalue weighted by Crippen LogP contribution is 2.16. The first-order valence-electron chi connectivity index (χ1n) is 9.91. The molecular weight excluding hydrogens is 336 g/mol. The molecule has 0 spiro atoms. The van der Waals surface area contributed by atoms with Crippen molar-refractivity contribution >= 4 is 17.5 Å². The van der Waals surface area contributed by atoms with Gasteiger partial charge in [-0.25, -0.2) is 0 Å². The molecule has 0 atom stereocenters. The number of carbonyl (C=O) groups excluding carboxylic acids is 2. The van der Waals surface area contributed by atoms with Crippen LogP contribution in [-0.2, 0) is 11.2 Å². The fraction of sp³-hybridized carbons (Fsp3) is 0.391. The molecule has 0 aliphatic heterocycles. The van der Waals surface area contributed by atoms with Gasteiger partial charge in [0.25, 0.3) is 5.91 Å². The van der Waals surface area contributed by atoms with Crippen LogP contribution in [0.1, 0.15) is 61.4 Å². The van der Waals surface area contributed by atoms with Gasteiger partial charge in [0.05, 0.1) is 11.3 Å². The van der Waals surface area contributed by atoms with Gasteiger partial charge in [0, 0.05) is 13.0 Å². The average Bonchev–Trinajstić information content (AvgIpc) is 2.69. The molecule has 27 heavy (non-hydrogen) atoms. The first-order valence-corrected chi connectivity index (χ1v) is 9.91. The second-order valence-electron chi connectivity index (χ2n) is 6.75. The number of carbonyl (C=O) groups is 2. The van der Waals surface area contributed by atoms with Gasteiger partial charge in [0.15, 0.2) is 0 Å². The Morgan fingerprint density at radius 2 is 1.56 bits per heavy atom. The van der Waals surface area contributed by atoms with Crippen LogP contribution in [0.25, 0.3) is 0 Å². The van der Waals surface area contributed by atoms with E-state index in [2.05, 4.69) is 17.6 Å². The van der Waals surface area contributed by atoms with Crippen molar-refractivity contribution in [3.63, 3.8) is 0 Å². The average molecular weight is 367 g/mol. The molecule has 2 aromatic rings. The SMILES string of the molecule is CCCCCCCC(=O)Nc1ccccc1C(=O)NCCc1ccccc1. The first-order chi connectivity index (χ1) is 13.2. The third kappa shape index (κ3) is 7.65. The normalized spacial score (nSPS) is 10.4. The van der Waals surface area contributed by atoms with Crippen molar-refractivity contribution < 1.29 is 9.59 Å². The standard InChI is InChI=1S/C23H30N2O2/c1-2-3-4-5-9-16-22(26)25-21-15-11-10-14-20(21)23(27)24-18-17-19-12-7-6-8-13-19/h6-8,10-15H,2-5,9,16-18H2,1H3,(H,24,27)(H,25,26). The van der Waals surface area contributed by atoms with E-state index >= 15 is 0 Å². The van der Waals surface area contributed by atoms with E-state index in [9.17, 15) is 9.59 Å².